The van der Waals surface area contributed by atoms with Crippen molar-refractivity contribution in [3.05, 3.63) is 65.5 Å². The number of hydrogen-bond donors (Lipinski definition) is 1. The zero-order chi connectivity index (χ0) is 20.3. The van der Waals surface area contributed by atoms with Crippen LogP contribution in [0.5, 0.6) is 0 Å². The quantitative estimate of drug-likeness (QED) is 0.842. The van der Waals surface area contributed by atoms with Crippen molar-refractivity contribution in [2.45, 2.75) is 39.0 Å². The molecule has 0 radical (unpaired) electrons. The number of halogens is 1. The molecule has 2 aromatic rings. The van der Waals surface area contributed by atoms with E-state index in [0.29, 0.717) is 31.5 Å². The monoisotopic (exact) mass is 382 g/mol. The smallest absolute Gasteiger partial charge is 0.253 e. The molecule has 1 N–H and O–H groups in total. The van der Waals surface area contributed by atoms with E-state index < -0.39 is 5.82 Å². The first kappa shape index (κ1) is 20.1. The molecule has 148 valence electrons. The van der Waals surface area contributed by atoms with Crippen molar-refractivity contribution in [1.29, 1.82) is 0 Å². The molecular weight excluding hydrogens is 355 g/mol. The molecule has 0 atom stereocenters. The number of para-hydroxylation sites is 1. The summed E-state index contributed by atoms with van der Waals surface area (Å²) >= 11 is 0. The Kier molecular flexibility index (Phi) is 5.82. The summed E-state index contributed by atoms with van der Waals surface area (Å²) in [6.45, 7) is 7.47. The van der Waals surface area contributed by atoms with Crippen molar-refractivity contribution in [3.8, 4) is 0 Å². The van der Waals surface area contributed by atoms with E-state index in [4.69, 9.17) is 0 Å². The maximum absolute atomic E-state index is 13.7. The molecule has 1 saturated heterocycles. The summed E-state index contributed by atoms with van der Waals surface area (Å²) < 4.78 is 13.7. The average Bonchev–Trinajstić information content (AvgIpc) is 2.69. The third kappa shape index (κ3) is 4.58. The van der Waals surface area contributed by atoms with E-state index in [1.54, 1.807) is 23.1 Å². The predicted molar refractivity (Wildman–Crippen MR) is 109 cm³/mol. The molecule has 2 amide bonds. The largest absolute Gasteiger partial charge is 0.339 e. The van der Waals surface area contributed by atoms with E-state index in [2.05, 4.69) is 26.1 Å². The van der Waals surface area contributed by atoms with Crippen LogP contribution in [0, 0.1) is 11.7 Å². The fraction of sp³-hybridized carbons (Fsp3) is 0.391. The van der Waals surface area contributed by atoms with Crippen LogP contribution >= 0.6 is 0 Å². The molecule has 1 aliphatic rings. The molecule has 0 aromatic heterocycles. The molecule has 1 heterocycles. The van der Waals surface area contributed by atoms with Crippen LogP contribution in [0.4, 0.5) is 10.1 Å². The molecule has 0 spiro atoms. The van der Waals surface area contributed by atoms with E-state index in [1.165, 1.54) is 11.6 Å². The van der Waals surface area contributed by atoms with Gasteiger partial charge in [-0.1, -0.05) is 45.0 Å². The topological polar surface area (TPSA) is 49.4 Å². The van der Waals surface area contributed by atoms with Crippen molar-refractivity contribution in [3.63, 3.8) is 0 Å². The van der Waals surface area contributed by atoms with Crippen LogP contribution in [0.25, 0.3) is 0 Å². The Morgan fingerprint density at radius 2 is 1.61 bits per heavy atom. The molecule has 0 aliphatic carbocycles. The Morgan fingerprint density at radius 3 is 2.18 bits per heavy atom. The van der Waals surface area contributed by atoms with Gasteiger partial charge >= 0.3 is 0 Å². The zero-order valence-electron chi connectivity index (χ0n) is 16.7. The number of nitrogens with one attached hydrogen (secondary N) is 1. The number of hydrogen-bond acceptors (Lipinski definition) is 2. The van der Waals surface area contributed by atoms with Crippen LogP contribution in [0.15, 0.2) is 48.5 Å². The number of amides is 2. The summed E-state index contributed by atoms with van der Waals surface area (Å²) in [4.78, 5) is 27.0. The van der Waals surface area contributed by atoms with Gasteiger partial charge in [0, 0.05) is 24.6 Å². The number of rotatable bonds is 3. The summed E-state index contributed by atoms with van der Waals surface area (Å²) in [5, 5.41) is 2.66. The second kappa shape index (κ2) is 8.13. The number of piperidine rings is 1. The number of benzene rings is 2. The van der Waals surface area contributed by atoms with Gasteiger partial charge in [0.15, 0.2) is 0 Å². The normalized spacial score (nSPS) is 15.4. The van der Waals surface area contributed by atoms with E-state index in [1.807, 2.05) is 24.3 Å². The molecule has 0 saturated carbocycles. The zero-order valence-corrected chi connectivity index (χ0v) is 16.7. The van der Waals surface area contributed by atoms with Crippen molar-refractivity contribution >= 4 is 17.5 Å². The minimum Gasteiger partial charge on any atom is -0.339 e. The fourth-order valence-electron chi connectivity index (χ4n) is 3.44. The van der Waals surface area contributed by atoms with Crippen LogP contribution < -0.4 is 5.32 Å². The SMILES string of the molecule is CC(C)(C)c1ccc(C(=O)N2CCC(C(=O)Nc3ccccc3F)CC2)cc1. The third-order valence-electron chi connectivity index (χ3n) is 5.28. The van der Waals surface area contributed by atoms with Gasteiger partial charge in [-0.3, -0.25) is 9.59 Å². The van der Waals surface area contributed by atoms with Crippen LogP contribution in [-0.2, 0) is 10.2 Å². The summed E-state index contributed by atoms with van der Waals surface area (Å²) in [5.41, 5.74) is 2.10. The molecule has 0 unspecified atom stereocenters. The average molecular weight is 382 g/mol. The van der Waals surface area contributed by atoms with Gasteiger partial charge in [-0.05, 0) is 48.1 Å². The number of nitrogens with zero attached hydrogens (tertiary/aromatic N) is 1. The van der Waals surface area contributed by atoms with Gasteiger partial charge in [0.2, 0.25) is 5.91 Å². The lowest BCUT2D eigenvalue weighted by atomic mass is 9.86. The van der Waals surface area contributed by atoms with Gasteiger partial charge in [0.25, 0.3) is 5.91 Å². The molecular formula is C23H27FN2O2. The van der Waals surface area contributed by atoms with Gasteiger partial charge in [-0.25, -0.2) is 4.39 Å². The first-order chi connectivity index (χ1) is 13.3. The van der Waals surface area contributed by atoms with E-state index in [0.717, 1.165) is 0 Å². The second-order valence-electron chi connectivity index (χ2n) is 8.36. The summed E-state index contributed by atoms with van der Waals surface area (Å²) in [5.74, 6) is -0.853. The number of anilines is 1. The molecule has 4 nitrogen and oxygen atoms in total. The first-order valence-electron chi connectivity index (χ1n) is 9.71. The Balaban J connectivity index is 1.56. The fourth-order valence-corrected chi connectivity index (χ4v) is 3.44. The standard InChI is InChI=1S/C23H27FN2O2/c1-23(2,3)18-10-8-17(9-11-18)22(28)26-14-12-16(13-15-26)21(27)25-20-7-5-4-6-19(20)24/h4-11,16H,12-15H2,1-3H3,(H,25,27). The minimum absolute atomic E-state index is 0.00609. The number of carbonyl (C=O) groups excluding carboxylic acids is 2. The highest BCUT2D eigenvalue weighted by Crippen LogP contribution is 2.24. The van der Waals surface area contributed by atoms with Crippen LogP contribution in [0.1, 0.15) is 49.5 Å². The van der Waals surface area contributed by atoms with Gasteiger partial charge in [0.1, 0.15) is 5.82 Å². The van der Waals surface area contributed by atoms with Gasteiger partial charge in [-0.15, -0.1) is 0 Å². The van der Waals surface area contributed by atoms with Crippen LogP contribution in [-0.4, -0.2) is 29.8 Å². The molecule has 28 heavy (non-hydrogen) atoms. The second-order valence-corrected chi connectivity index (χ2v) is 8.36. The maximum atomic E-state index is 13.7. The van der Waals surface area contributed by atoms with Crippen molar-refractivity contribution in [1.82, 2.24) is 4.90 Å². The molecule has 5 heteroatoms. The highest BCUT2D eigenvalue weighted by molar-refractivity contribution is 5.95. The van der Waals surface area contributed by atoms with Crippen molar-refractivity contribution in [2.24, 2.45) is 5.92 Å². The highest BCUT2D eigenvalue weighted by Gasteiger charge is 2.28. The van der Waals surface area contributed by atoms with Gasteiger partial charge in [-0.2, -0.15) is 0 Å². The van der Waals surface area contributed by atoms with Crippen molar-refractivity contribution < 1.29 is 14.0 Å². The lowest BCUT2D eigenvalue weighted by molar-refractivity contribution is -0.121. The van der Waals surface area contributed by atoms with Gasteiger partial charge in [0.05, 0.1) is 5.69 Å². The molecule has 1 aliphatic heterocycles. The minimum atomic E-state index is -0.442. The van der Waals surface area contributed by atoms with Crippen LogP contribution in [0.2, 0.25) is 0 Å². The highest BCUT2D eigenvalue weighted by atomic mass is 19.1. The lowest BCUT2D eigenvalue weighted by Crippen LogP contribution is -2.41. The van der Waals surface area contributed by atoms with Crippen molar-refractivity contribution in [2.75, 3.05) is 18.4 Å². The van der Waals surface area contributed by atoms with E-state index >= 15 is 0 Å². The van der Waals surface area contributed by atoms with Gasteiger partial charge < -0.3 is 10.2 Å². The van der Waals surface area contributed by atoms with E-state index in [9.17, 15) is 14.0 Å². The summed E-state index contributed by atoms with van der Waals surface area (Å²) in [6.07, 6.45) is 1.15. The Labute approximate surface area is 165 Å². The number of likely N-dealkylation sites (tertiary alicyclic amines) is 1. The Hall–Kier alpha value is -2.69. The predicted octanol–water partition coefficient (Wildman–Crippen LogP) is 4.61. The number of carbonyl (C=O) groups is 2. The molecule has 2 aromatic carbocycles. The maximum Gasteiger partial charge on any atom is 0.253 e. The van der Waals surface area contributed by atoms with E-state index in [-0.39, 0.29) is 28.8 Å². The lowest BCUT2D eigenvalue weighted by Gasteiger charge is -2.31. The Bertz CT molecular complexity index is 848. The van der Waals surface area contributed by atoms with Crippen LogP contribution in [0.3, 0.4) is 0 Å². The summed E-state index contributed by atoms with van der Waals surface area (Å²) in [6, 6.07) is 13.9. The molecule has 0 bridgehead atoms. The molecule has 1 fully saturated rings. The first-order valence-corrected chi connectivity index (χ1v) is 9.71. The third-order valence-corrected chi connectivity index (χ3v) is 5.28. The molecule has 3 rings (SSSR count). The Morgan fingerprint density at radius 1 is 1.00 bits per heavy atom. The summed E-state index contributed by atoms with van der Waals surface area (Å²) in [7, 11) is 0.